The molecular weight excluding hydrogens is 414 g/mol. The maximum absolute atomic E-state index is 12.5. The molecule has 2 aromatic carbocycles. The first-order valence-electron chi connectivity index (χ1n) is 9.55. The maximum Gasteiger partial charge on any atom is 0.275 e. The second-order valence-electron chi connectivity index (χ2n) is 6.22. The summed E-state index contributed by atoms with van der Waals surface area (Å²) in [5, 5.41) is 3.28. The van der Waals surface area contributed by atoms with Gasteiger partial charge in [-0.15, -0.1) is 0 Å². The molecule has 0 unspecified atom stereocenters. The van der Waals surface area contributed by atoms with Gasteiger partial charge in [-0.25, -0.2) is 9.97 Å². The van der Waals surface area contributed by atoms with Crippen LogP contribution >= 0.6 is 11.8 Å². The molecule has 160 valence electrons. The summed E-state index contributed by atoms with van der Waals surface area (Å²) in [7, 11) is 0. The number of aromatic nitrogens is 2. The number of para-hydroxylation sites is 1. The number of nitrogens with zero attached hydrogens (tertiary/aromatic N) is 3. The van der Waals surface area contributed by atoms with E-state index in [1.807, 2.05) is 43.5 Å². The van der Waals surface area contributed by atoms with Crippen molar-refractivity contribution in [3.63, 3.8) is 0 Å². The molecule has 0 spiro atoms. The molecule has 3 N–H and O–H groups in total. The molecule has 0 aliphatic carbocycles. The summed E-state index contributed by atoms with van der Waals surface area (Å²) in [6.07, 6.45) is 4.65. The largest absolute Gasteiger partial charge is 0.477 e. The molecule has 1 heterocycles. The van der Waals surface area contributed by atoms with Gasteiger partial charge in [0.25, 0.3) is 5.91 Å². The minimum atomic E-state index is -0.384. The summed E-state index contributed by atoms with van der Waals surface area (Å²) in [6.45, 7) is 2.63. The van der Waals surface area contributed by atoms with E-state index in [0.29, 0.717) is 41.4 Å². The van der Waals surface area contributed by atoms with E-state index in [1.54, 1.807) is 18.2 Å². The fourth-order valence-corrected chi connectivity index (χ4v) is 2.77. The Hall–Kier alpha value is -3.59. The summed E-state index contributed by atoms with van der Waals surface area (Å²) >= 11 is 1.36. The predicted octanol–water partition coefficient (Wildman–Crippen LogP) is 4.10. The number of amidine groups is 1. The van der Waals surface area contributed by atoms with Gasteiger partial charge in [-0.05, 0) is 43.5 Å². The quantitative estimate of drug-likeness (QED) is 0.403. The lowest BCUT2D eigenvalue weighted by Crippen LogP contribution is -2.14. The maximum atomic E-state index is 12.5. The van der Waals surface area contributed by atoms with Crippen LogP contribution in [0.5, 0.6) is 17.4 Å². The van der Waals surface area contributed by atoms with Gasteiger partial charge in [-0.2, -0.15) is 0 Å². The molecule has 0 saturated heterocycles. The van der Waals surface area contributed by atoms with Crippen LogP contribution in [0.4, 0.5) is 5.69 Å². The van der Waals surface area contributed by atoms with Crippen LogP contribution in [0.15, 0.2) is 65.9 Å². The lowest BCUT2D eigenvalue weighted by molar-refractivity contribution is 0.102. The molecule has 0 aliphatic rings. The van der Waals surface area contributed by atoms with Gasteiger partial charge < -0.3 is 20.5 Å². The summed E-state index contributed by atoms with van der Waals surface area (Å²) in [5.74, 6) is 1.31. The molecule has 0 atom stereocenters. The number of benzene rings is 2. The van der Waals surface area contributed by atoms with Crippen molar-refractivity contribution in [1.29, 1.82) is 0 Å². The molecule has 3 rings (SSSR count). The van der Waals surface area contributed by atoms with Crippen molar-refractivity contribution in [2.75, 3.05) is 18.2 Å². The van der Waals surface area contributed by atoms with E-state index in [2.05, 4.69) is 20.3 Å². The second kappa shape index (κ2) is 11.0. The number of ether oxygens (including phenoxy) is 2. The third-order valence-electron chi connectivity index (χ3n) is 4.06. The zero-order valence-electron chi connectivity index (χ0n) is 17.2. The molecule has 31 heavy (non-hydrogen) atoms. The Morgan fingerprint density at radius 2 is 1.97 bits per heavy atom. The molecule has 0 aliphatic heterocycles. The van der Waals surface area contributed by atoms with Crippen molar-refractivity contribution >= 4 is 28.5 Å². The Bertz CT molecular complexity index is 1040. The van der Waals surface area contributed by atoms with E-state index >= 15 is 0 Å². The van der Waals surface area contributed by atoms with Gasteiger partial charge >= 0.3 is 0 Å². The topological polar surface area (TPSA) is 112 Å². The fourth-order valence-electron chi connectivity index (χ4n) is 2.57. The zero-order valence-corrected chi connectivity index (χ0v) is 18.1. The number of carbonyl (C=O) groups excluding carboxylic acids is 1. The Morgan fingerprint density at radius 1 is 1.16 bits per heavy atom. The van der Waals surface area contributed by atoms with Gasteiger partial charge in [-0.3, -0.25) is 9.79 Å². The monoisotopic (exact) mass is 437 g/mol. The Kier molecular flexibility index (Phi) is 7.83. The highest BCUT2D eigenvalue weighted by Gasteiger charge is 2.12. The van der Waals surface area contributed by atoms with Gasteiger partial charge in [0.05, 0.1) is 25.5 Å². The highest BCUT2D eigenvalue weighted by Crippen LogP contribution is 2.29. The lowest BCUT2D eigenvalue weighted by atomic mass is 10.1. The van der Waals surface area contributed by atoms with Crippen LogP contribution in [0.3, 0.4) is 0 Å². The average Bonchev–Trinajstić information content (AvgIpc) is 2.80. The Labute approximate surface area is 184 Å². The van der Waals surface area contributed by atoms with E-state index in [9.17, 15) is 4.79 Å². The summed E-state index contributed by atoms with van der Waals surface area (Å²) in [4.78, 5) is 25.1. The van der Waals surface area contributed by atoms with Crippen molar-refractivity contribution in [3.05, 3.63) is 72.2 Å². The van der Waals surface area contributed by atoms with Crippen molar-refractivity contribution in [2.24, 2.45) is 10.7 Å². The highest BCUT2D eigenvalue weighted by molar-refractivity contribution is 8.13. The second-order valence-corrected chi connectivity index (χ2v) is 7.05. The van der Waals surface area contributed by atoms with Crippen molar-refractivity contribution in [1.82, 2.24) is 9.97 Å². The molecule has 0 radical (unpaired) electrons. The minimum Gasteiger partial charge on any atom is -0.477 e. The number of carbonyl (C=O) groups is 1. The average molecular weight is 438 g/mol. The van der Waals surface area contributed by atoms with Gasteiger partial charge in [0, 0.05) is 11.3 Å². The number of anilines is 1. The first-order chi connectivity index (χ1) is 15.1. The Balaban J connectivity index is 1.80. The first kappa shape index (κ1) is 22.1. The third-order valence-corrected chi connectivity index (χ3v) is 4.60. The molecular formula is C22H23N5O3S. The summed E-state index contributed by atoms with van der Waals surface area (Å²) < 4.78 is 11.2. The number of rotatable bonds is 8. The molecule has 0 bridgehead atoms. The van der Waals surface area contributed by atoms with E-state index in [-0.39, 0.29) is 11.6 Å². The standard InChI is InChI=1S/C22H23N5O3S/c1-3-29-20-14-24-18(13-25-20)21(28)27-16-9-10-19(30-17-7-5-4-6-8-17)15(11-16)12-26-22(23)31-2/h4-11,13-14H,3,12H2,1-2H3,(H2,23,26)(H,27,28). The number of thioether (sulfide) groups is 1. The lowest BCUT2D eigenvalue weighted by Gasteiger charge is -2.13. The van der Waals surface area contributed by atoms with E-state index < -0.39 is 0 Å². The van der Waals surface area contributed by atoms with Crippen LogP contribution in [0.2, 0.25) is 0 Å². The number of amides is 1. The van der Waals surface area contributed by atoms with Crippen LogP contribution in [-0.2, 0) is 6.54 Å². The van der Waals surface area contributed by atoms with Gasteiger partial charge in [0.15, 0.2) is 5.17 Å². The van der Waals surface area contributed by atoms with E-state index in [1.165, 1.54) is 24.2 Å². The fraction of sp³-hybridized carbons (Fsp3) is 0.182. The van der Waals surface area contributed by atoms with E-state index in [0.717, 1.165) is 5.56 Å². The van der Waals surface area contributed by atoms with Crippen molar-refractivity contribution < 1.29 is 14.3 Å². The highest BCUT2D eigenvalue weighted by atomic mass is 32.2. The van der Waals surface area contributed by atoms with Crippen LogP contribution in [0, 0.1) is 0 Å². The normalized spacial score (nSPS) is 11.1. The van der Waals surface area contributed by atoms with Crippen LogP contribution in [-0.4, -0.2) is 33.9 Å². The SMILES string of the molecule is CCOc1cnc(C(=O)Nc2ccc(Oc3ccccc3)c(CN=C(N)SC)c2)cn1. The predicted molar refractivity (Wildman–Crippen MR) is 123 cm³/mol. The van der Waals surface area contributed by atoms with Crippen LogP contribution in [0.1, 0.15) is 23.0 Å². The van der Waals surface area contributed by atoms with Gasteiger partial charge in [0.1, 0.15) is 17.2 Å². The number of hydrogen-bond acceptors (Lipinski definition) is 7. The number of aliphatic imine (C=N–C) groups is 1. The first-order valence-corrected chi connectivity index (χ1v) is 10.8. The van der Waals surface area contributed by atoms with Gasteiger partial charge in [-0.1, -0.05) is 30.0 Å². The number of nitrogens with two attached hydrogens (primary N) is 1. The molecule has 0 fully saturated rings. The van der Waals surface area contributed by atoms with Crippen molar-refractivity contribution in [3.8, 4) is 17.4 Å². The summed E-state index contributed by atoms with van der Waals surface area (Å²) in [5.41, 5.74) is 7.36. The smallest absolute Gasteiger partial charge is 0.275 e. The molecule has 1 aromatic heterocycles. The third kappa shape index (κ3) is 6.45. The van der Waals surface area contributed by atoms with Crippen molar-refractivity contribution in [2.45, 2.75) is 13.5 Å². The number of hydrogen-bond donors (Lipinski definition) is 2. The number of nitrogens with one attached hydrogen (secondary N) is 1. The van der Waals surface area contributed by atoms with Crippen LogP contribution in [0.25, 0.3) is 0 Å². The molecule has 9 heteroatoms. The molecule has 1 amide bonds. The van der Waals surface area contributed by atoms with E-state index in [4.69, 9.17) is 15.2 Å². The molecule has 0 saturated carbocycles. The summed E-state index contributed by atoms with van der Waals surface area (Å²) in [6, 6.07) is 14.8. The Morgan fingerprint density at radius 3 is 2.65 bits per heavy atom. The molecule has 3 aromatic rings. The zero-order chi connectivity index (χ0) is 22.1. The van der Waals surface area contributed by atoms with Gasteiger partial charge in [0.2, 0.25) is 5.88 Å². The van der Waals surface area contributed by atoms with Crippen LogP contribution < -0.4 is 20.5 Å². The minimum absolute atomic E-state index is 0.180. The molecule has 8 nitrogen and oxygen atoms in total.